The standard InChI is InChI=1S/C51H32N2OS/c1-2-11-33(12-3-1)37-16-8-17-39(31-37)53(38-26-23-36(24-27-38)42-20-9-15-34-13-4-6-18-41(34)42)40-28-29-44-48(32-40)55-47-22-10-21-45(49(44)47)51-52-50-43-19-7-5-14-35(43)25-30-46(50)54-51/h1-32H. The summed E-state index contributed by atoms with van der Waals surface area (Å²) in [5, 5.41) is 7.11. The molecular weight excluding hydrogens is 689 g/mol. The van der Waals surface area contributed by atoms with E-state index in [4.69, 9.17) is 9.40 Å². The first-order valence-corrected chi connectivity index (χ1v) is 19.3. The molecule has 0 aliphatic rings. The Kier molecular flexibility index (Phi) is 7.35. The van der Waals surface area contributed by atoms with E-state index in [0.29, 0.717) is 5.89 Å². The van der Waals surface area contributed by atoms with Crippen LogP contribution in [0, 0.1) is 0 Å². The van der Waals surface area contributed by atoms with E-state index in [2.05, 4.69) is 193 Å². The maximum absolute atomic E-state index is 6.46. The van der Waals surface area contributed by atoms with Crippen LogP contribution in [0.3, 0.4) is 0 Å². The molecule has 0 aliphatic heterocycles. The molecule has 11 rings (SSSR count). The van der Waals surface area contributed by atoms with Crippen molar-refractivity contribution in [1.29, 1.82) is 0 Å². The number of fused-ring (bicyclic) bond motifs is 7. The largest absolute Gasteiger partial charge is 0.436 e. The van der Waals surface area contributed by atoms with Gasteiger partial charge < -0.3 is 9.32 Å². The number of oxazole rings is 1. The molecule has 11 aromatic rings. The molecule has 0 saturated carbocycles. The predicted molar refractivity (Wildman–Crippen MR) is 233 cm³/mol. The van der Waals surface area contributed by atoms with Crippen LogP contribution in [0.5, 0.6) is 0 Å². The van der Waals surface area contributed by atoms with Crippen molar-refractivity contribution in [3.05, 3.63) is 194 Å². The molecule has 0 amide bonds. The lowest BCUT2D eigenvalue weighted by atomic mass is 9.98. The normalized spacial score (nSPS) is 11.6. The lowest BCUT2D eigenvalue weighted by Crippen LogP contribution is -2.10. The van der Waals surface area contributed by atoms with Gasteiger partial charge in [-0.05, 0) is 93.0 Å². The fourth-order valence-corrected chi connectivity index (χ4v) is 9.24. The first-order chi connectivity index (χ1) is 27.2. The summed E-state index contributed by atoms with van der Waals surface area (Å²) < 4.78 is 8.87. The topological polar surface area (TPSA) is 29.3 Å². The molecule has 2 heterocycles. The molecule has 0 aliphatic carbocycles. The number of aromatic nitrogens is 1. The third-order valence-corrected chi connectivity index (χ3v) is 11.8. The van der Waals surface area contributed by atoms with Gasteiger partial charge in [0.05, 0.1) is 0 Å². The number of thiophene rings is 1. The van der Waals surface area contributed by atoms with Gasteiger partial charge in [0, 0.05) is 48.2 Å². The van der Waals surface area contributed by atoms with Crippen LogP contribution in [0.25, 0.3) is 86.5 Å². The molecule has 2 aromatic heterocycles. The highest BCUT2D eigenvalue weighted by Crippen LogP contribution is 2.45. The molecule has 0 unspecified atom stereocenters. The summed E-state index contributed by atoms with van der Waals surface area (Å²) in [7, 11) is 0. The first kappa shape index (κ1) is 31.5. The fraction of sp³-hybridized carbons (Fsp3) is 0. The van der Waals surface area contributed by atoms with Crippen molar-refractivity contribution in [2.24, 2.45) is 0 Å². The molecule has 0 saturated heterocycles. The van der Waals surface area contributed by atoms with Gasteiger partial charge in [0.2, 0.25) is 5.89 Å². The molecule has 0 N–H and O–H groups in total. The van der Waals surface area contributed by atoms with E-state index in [1.54, 1.807) is 11.3 Å². The van der Waals surface area contributed by atoms with Gasteiger partial charge in [-0.25, -0.2) is 4.98 Å². The van der Waals surface area contributed by atoms with Crippen LogP contribution in [0.1, 0.15) is 0 Å². The van der Waals surface area contributed by atoms with Crippen LogP contribution in [0.15, 0.2) is 199 Å². The minimum atomic E-state index is 0.645. The van der Waals surface area contributed by atoms with Gasteiger partial charge in [0.1, 0.15) is 5.52 Å². The summed E-state index contributed by atoms with van der Waals surface area (Å²) in [6.45, 7) is 0. The Bertz CT molecular complexity index is 3210. The molecule has 55 heavy (non-hydrogen) atoms. The SMILES string of the molecule is c1ccc(-c2cccc(N(c3ccc(-c4cccc5ccccc45)cc3)c3ccc4c(c3)sc3cccc(-c5nc6c(ccc7ccccc76)o5)c34)c2)cc1. The second-order valence-electron chi connectivity index (χ2n) is 13.9. The number of hydrogen-bond acceptors (Lipinski definition) is 4. The summed E-state index contributed by atoms with van der Waals surface area (Å²) in [5.41, 5.74) is 10.8. The lowest BCUT2D eigenvalue weighted by Gasteiger charge is -2.26. The Morgan fingerprint density at radius 3 is 1.96 bits per heavy atom. The average Bonchev–Trinajstić information content (AvgIpc) is 3.86. The van der Waals surface area contributed by atoms with E-state index in [0.717, 1.165) is 44.5 Å². The van der Waals surface area contributed by atoms with Gasteiger partial charge in [-0.2, -0.15) is 0 Å². The van der Waals surface area contributed by atoms with E-state index in [1.807, 2.05) is 6.07 Å². The van der Waals surface area contributed by atoms with Gasteiger partial charge >= 0.3 is 0 Å². The van der Waals surface area contributed by atoms with Crippen LogP contribution in [-0.2, 0) is 0 Å². The average molecular weight is 721 g/mol. The minimum absolute atomic E-state index is 0.645. The van der Waals surface area contributed by atoms with Gasteiger partial charge in [-0.1, -0.05) is 140 Å². The number of benzene rings is 9. The van der Waals surface area contributed by atoms with E-state index in [-0.39, 0.29) is 0 Å². The monoisotopic (exact) mass is 720 g/mol. The van der Waals surface area contributed by atoms with Crippen LogP contribution in [0.4, 0.5) is 17.1 Å². The quantitative estimate of drug-likeness (QED) is 0.171. The van der Waals surface area contributed by atoms with Crippen LogP contribution < -0.4 is 4.90 Å². The Morgan fingerprint density at radius 2 is 1.09 bits per heavy atom. The molecule has 4 heteroatoms. The number of hydrogen-bond donors (Lipinski definition) is 0. The second-order valence-corrected chi connectivity index (χ2v) is 15.0. The molecule has 0 bridgehead atoms. The smallest absolute Gasteiger partial charge is 0.228 e. The van der Waals surface area contributed by atoms with Crippen LogP contribution in [0.2, 0.25) is 0 Å². The van der Waals surface area contributed by atoms with E-state index in [9.17, 15) is 0 Å². The maximum Gasteiger partial charge on any atom is 0.228 e. The van der Waals surface area contributed by atoms with Crippen molar-refractivity contribution in [2.75, 3.05) is 4.90 Å². The third-order valence-electron chi connectivity index (χ3n) is 10.7. The summed E-state index contributed by atoms with van der Waals surface area (Å²) >= 11 is 1.81. The molecule has 0 radical (unpaired) electrons. The van der Waals surface area contributed by atoms with Gasteiger partial charge in [-0.15, -0.1) is 11.3 Å². The molecule has 0 spiro atoms. The summed E-state index contributed by atoms with van der Waals surface area (Å²) in [6.07, 6.45) is 0. The molecule has 3 nitrogen and oxygen atoms in total. The zero-order chi connectivity index (χ0) is 36.3. The Labute approximate surface area is 322 Å². The van der Waals surface area contributed by atoms with Gasteiger partial charge in [0.25, 0.3) is 0 Å². The van der Waals surface area contributed by atoms with Crippen LogP contribution >= 0.6 is 11.3 Å². The van der Waals surface area contributed by atoms with E-state index < -0.39 is 0 Å². The zero-order valence-electron chi connectivity index (χ0n) is 29.7. The van der Waals surface area contributed by atoms with Crippen molar-refractivity contribution in [1.82, 2.24) is 4.98 Å². The van der Waals surface area contributed by atoms with Gasteiger partial charge in [-0.3, -0.25) is 0 Å². The predicted octanol–water partition coefficient (Wildman–Crippen LogP) is 15.0. The van der Waals surface area contributed by atoms with E-state index >= 15 is 0 Å². The summed E-state index contributed by atoms with van der Waals surface area (Å²) in [4.78, 5) is 7.45. The van der Waals surface area contributed by atoms with Gasteiger partial charge in [0.15, 0.2) is 5.58 Å². The van der Waals surface area contributed by atoms with Crippen molar-refractivity contribution >= 4 is 81.2 Å². The molecule has 0 fully saturated rings. The van der Waals surface area contributed by atoms with Crippen molar-refractivity contribution in [3.8, 4) is 33.7 Å². The fourth-order valence-electron chi connectivity index (χ4n) is 8.08. The summed E-state index contributed by atoms with van der Waals surface area (Å²) in [6, 6.07) is 69.3. The maximum atomic E-state index is 6.46. The first-order valence-electron chi connectivity index (χ1n) is 18.5. The van der Waals surface area contributed by atoms with Crippen LogP contribution in [-0.4, -0.2) is 4.98 Å². The highest BCUT2D eigenvalue weighted by atomic mass is 32.1. The van der Waals surface area contributed by atoms with Crippen molar-refractivity contribution in [3.63, 3.8) is 0 Å². The van der Waals surface area contributed by atoms with E-state index in [1.165, 1.54) is 53.2 Å². The molecule has 0 atom stereocenters. The minimum Gasteiger partial charge on any atom is -0.436 e. The molecule has 258 valence electrons. The highest BCUT2D eigenvalue weighted by molar-refractivity contribution is 7.26. The Hall–Kier alpha value is -7.01. The second kappa shape index (κ2) is 12.8. The number of rotatable bonds is 6. The number of nitrogens with zero attached hydrogens (tertiary/aromatic N) is 2. The Morgan fingerprint density at radius 1 is 0.418 bits per heavy atom. The Balaban J connectivity index is 1.05. The number of anilines is 3. The molecule has 9 aromatic carbocycles. The van der Waals surface area contributed by atoms with Crippen molar-refractivity contribution in [2.45, 2.75) is 0 Å². The summed E-state index contributed by atoms with van der Waals surface area (Å²) in [5.74, 6) is 0.645. The van der Waals surface area contributed by atoms with Crippen molar-refractivity contribution < 1.29 is 4.42 Å². The zero-order valence-corrected chi connectivity index (χ0v) is 30.5. The lowest BCUT2D eigenvalue weighted by molar-refractivity contribution is 0.621. The highest BCUT2D eigenvalue weighted by Gasteiger charge is 2.20. The molecular formula is C51H32N2OS. The third kappa shape index (κ3) is 5.38.